The maximum atomic E-state index is 12.2. The third-order valence-corrected chi connectivity index (χ3v) is 4.67. The van der Waals surface area contributed by atoms with Gasteiger partial charge >= 0.3 is 5.97 Å². The summed E-state index contributed by atoms with van der Waals surface area (Å²) in [6.45, 7) is 2.70. The Morgan fingerprint density at radius 3 is 2.04 bits per heavy atom. The van der Waals surface area contributed by atoms with Crippen LogP contribution in [0.2, 0.25) is 0 Å². The van der Waals surface area contributed by atoms with Gasteiger partial charge in [-0.25, -0.2) is 4.79 Å². The Bertz CT molecular complexity index is 359. The number of amides is 1. The first kappa shape index (κ1) is 20.9. The summed E-state index contributed by atoms with van der Waals surface area (Å²) in [5.74, 6) is -0.390. The van der Waals surface area contributed by atoms with E-state index >= 15 is 0 Å². The van der Waals surface area contributed by atoms with Crippen LogP contribution in [0.3, 0.4) is 0 Å². The number of carbonyl (C=O) groups excluding carboxylic acids is 2. The average molecular weight is 341 g/mol. The van der Waals surface area contributed by atoms with Crippen molar-refractivity contribution in [2.75, 3.05) is 20.4 Å². The van der Waals surface area contributed by atoms with E-state index in [0.717, 1.165) is 12.8 Å². The van der Waals surface area contributed by atoms with Gasteiger partial charge in [-0.1, -0.05) is 71.1 Å². The molecule has 5 heteroatoms. The topological polar surface area (TPSA) is 55.8 Å². The zero-order valence-corrected chi connectivity index (χ0v) is 15.6. The molecule has 1 aliphatic heterocycles. The van der Waals surface area contributed by atoms with E-state index in [1.807, 2.05) is 0 Å². The van der Waals surface area contributed by atoms with Gasteiger partial charge in [-0.15, -0.1) is 0 Å². The summed E-state index contributed by atoms with van der Waals surface area (Å²) in [5, 5.41) is 0. The Morgan fingerprint density at radius 1 is 0.958 bits per heavy atom. The summed E-state index contributed by atoms with van der Waals surface area (Å²) in [7, 11) is 1.34. The minimum absolute atomic E-state index is 0.00109. The van der Waals surface area contributed by atoms with Crippen LogP contribution in [-0.2, 0) is 19.1 Å². The molecule has 1 amide bonds. The van der Waals surface area contributed by atoms with Gasteiger partial charge in [0.1, 0.15) is 6.73 Å². The zero-order chi connectivity index (χ0) is 17.6. The second-order valence-electron chi connectivity index (χ2n) is 6.69. The van der Waals surface area contributed by atoms with Crippen LogP contribution in [0.15, 0.2) is 0 Å². The molecule has 1 aliphatic rings. The number of ether oxygens (including phenoxy) is 2. The van der Waals surface area contributed by atoms with Crippen molar-refractivity contribution < 1.29 is 19.1 Å². The Hall–Kier alpha value is -1.10. The van der Waals surface area contributed by atoms with Crippen LogP contribution in [-0.4, -0.2) is 43.3 Å². The highest BCUT2D eigenvalue weighted by molar-refractivity contribution is 5.85. The fourth-order valence-electron chi connectivity index (χ4n) is 3.10. The maximum Gasteiger partial charge on any atom is 0.331 e. The van der Waals surface area contributed by atoms with Crippen LogP contribution in [0.4, 0.5) is 0 Å². The molecule has 1 saturated heterocycles. The SMILES string of the molecule is CCCCCCCCCCCCCC(=O)N1COC[C@H]1C(=O)OC. The third kappa shape index (κ3) is 8.13. The van der Waals surface area contributed by atoms with Crippen LogP contribution >= 0.6 is 0 Å². The number of hydrogen-bond acceptors (Lipinski definition) is 4. The number of rotatable bonds is 13. The number of methoxy groups -OCH3 is 1. The summed E-state index contributed by atoms with van der Waals surface area (Å²) in [6.07, 6.45) is 14.4. The standard InChI is InChI=1S/C19H35NO4/c1-3-4-5-6-7-8-9-10-11-12-13-14-18(21)20-16-24-15-17(20)19(22)23-2/h17H,3-16H2,1-2H3/t17-/m0/s1. The zero-order valence-electron chi connectivity index (χ0n) is 15.6. The molecule has 1 fully saturated rings. The summed E-state index contributed by atoms with van der Waals surface area (Å²) in [4.78, 5) is 25.3. The minimum Gasteiger partial charge on any atom is -0.467 e. The molecule has 0 bridgehead atoms. The van der Waals surface area contributed by atoms with Crippen LogP contribution < -0.4 is 0 Å². The van der Waals surface area contributed by atoms with Crippen molar-refractivity contribution in [2.45, 2.75) is 90.0 Å². The van der Waals surface area contributed by atoms with Gasteiger partial charge in [0.25, 0.3) is 0 Å². The number of hydrogen-bond donors (Lipinski definition) is 0. The molecule has 0 aliphatic carbocycles. The predicted molar refractivity (Wildman–Crippen MR) is 94.5 cm³/mol. The monoisotopic (exact) mass is 341 g/mol. The van der Waals surface area contributed by atoms with E-state index in [9.17, 15) is 9.59 Å². The van der Waals surface area contributed by atoms with Crippen molar-refractivity contribution >= 4 is 11.9 Å². The van der Waals surface area contributed by atoms with Crippen LogP contribution in [0, 0.1) is 0 Å². The molecule has 5 nitrogen and oxygen atoms in total. The van der Waals surface area contributed by atoms with E-state index in [1.54, 1.807) is 0 Å². The van der Waals surface area contributed by atoms with E-state index in [-0.39, 0.29) is 25.2 Å². The molecular formula is C19H35NO4. The van der Waals surface area contributed by atoms with Crippen LogP contribution in [0.5, 0.6) is 0 Å². The first-order chi connectivity index (χ1) is 11.7. The molecule has 0 radical (unpaired) electrons. The highest BCUT2D eigenvalue weighted by Crippen LogP contribution is 2.16. The lowest BCUT2D eigenvalue weighted by atomic mass is 10.1. The van der Waals surface area contributed by atoms with Crippen molar-refractivity contribution in [3.8, 4) is 0 Å². The molecule has 140 valence electrons. The number of carbonyl (C=O) groups is 2. The molecule has 1 atom stereocenters. The fraction of sp³-hybridized carbons (Fsp3) is 0.895. The molecular weight excluding hydrogens is 306 g/mol. The lowest BCUT2D eigenvalue weighted by Gasteiger charge is -2.20. The summed E-state index contributed by atoms with van der Waals surface area (Å²) < 4.78 is 9.94. The predicted octanol–water partition coefficient (Wildman–Crippen LogP) is 4.05. The molecule has 0 aromatic carbocycles. The van der Waals surface area contributed by atoms with Gasteiger partial charge < -0.3 is 14.4 Å². The smallest absolute Gasteiger partial charge is 0.331 e. The normalized spacial score (nSPS) is 17.2. The van der Waals surface area contributed by atoms with E-state index < -0.39 is 6.04 Å². The Kier molecular flexibility index (Phi) is 11.5. The van der Waals surface area contributed by atoms with Gasteiger partial charge in [0.2, 0.25) is 5.91 Å². The molecule has 24 heavy (non-hydrogen) atoms. The van der Waals surface area contributed by atoms with Crippen LogP contribution in [0.1, 0.15) is 84.0 Å². The van der Waals surface area contributed by atoms with E-state index in [1.165, 1.54) is 69.8 Å². The van der Waals surface area contributed by atoms with Crippen molar-refractivity contribution in [1.82, 2.24) is 4.90 Å². The van der Waals surface area contributed by atoms with Crippen LogP contribution in [0.25, 0.3) is 0 Å². The lowest BCUT2D eigenvalue weighted by Crippen LogP contribution is -2.42. The van der Waals surface area contributed by atoms with Gasteiger partial charge in [0.15, 0.2) is 6.04 Å². The highest BCUT2D eigenvalue weighted by atomic mass is 16.5. The number of esters is 1. The Balaban J connectivity index is 1.99. The largest absolute Gasteiger partial charge is 0.467 e. The molecule has 0 spiro atoms. The van der Waals surface area contributed by atoms with Gasteiger partial charge in [-0.3, -0.25) is 4.79 Å². The quantitative estimate of drug-likeness (QED) is 0.375. The van der Waals surface area contributed by atoms with Gasteiger partial charge in [-0.2, -0.15) is 0 Å². The first-order valence-corrected chi connectivity index (χ1v) is 9.65. The maximum absolute atomic E-state index is 12.2. The third-order valence-electron chi connectivity index (χ3n) is 4.67. The molecule has 0 aromatic rings. The second-order valence-corrected chi connectivity index (χ2v) is 6.69. The van der Waals surface area contributed by atoms with E-state index in [0.29, 0.717) is 6.42 Å². The molecule has 0 saturated carbocycles. The van der Waals surface area contributed by atoms with Crippen molar-refractivity contribution in [3.63, 3.8) is 0 Å². The molecule has 0 aromatic heterocycles. The molecule has 0 unspecified atom stereocenters. The fourth-order valence-corrected chi connectivity index (χ4v) is 3.10. The molecule has 1 heterocycles. The first-order valence-electron chi connectivity index (χ1n) is 9.65. The van der Waals surface area contributed by atoms with E-state index in [2.05, 4.69) is 6.92 Å². The number of nitrogens with zero attached hydrogens (tertiary/aromatic N) is 1. The Labute approximate surface area is 147 Å². The van der Waals surface area contributed by atoms with Crippen molar-refractivity contribution in [2.24, 2.45) is 0 Å². The second kappa shape index (κ2) is 13.2. The van der Waals surface area contributed by atoms with Gasteiger partial charge in [0.05, 0.1) is 13.7 Å². The van der Waals surface area contributed by atoms with E-state index in [4.69, 9.17) is 9.47 Å². The lowest BCUT2D eigenvalue weighted by molar-refractivity contribution is -0.150. The molecule has 0 N–H and O–H groups in total. The number of unbranched alkanes of at least 4 members (excludes halogenated alkanes) is 10. The van der Waals surface area contributed by atoms with Crippen molar-refractivity contribution in [1.29, 1.82) is 0 Å². The van der Waals surface area contributed by atoms with Gasteiger partial charge in [0, 0.05) is 6.42 Å². The highest BCUT2D eigenvalue weighted by Gasteiger charge is 2.35. The molecule has 1 rings (SSSR count). The Morgan fingerprint density at radius 2 is 1.50 bits per heavy atom. The average Bonchev–Trinajstić information content (AvgIpc) is 3.08. The minimum atomic E-state index is -0.560. The van der Waals surface area contributed by atoms with Crippen molar-refractivity contribution in [3.05, 3.63) is 0 Å². The summed E-state index contributed by atoms with van der Waals surface area (Å²) in [5.41, 5.74) is 0. The summed E-state index contributed by atoms with van der Waals surface area (Å²) >= 11 is 0. The van der Waals surface area contributed by atoms with Gasteiger partial charge in [-0.05, 0) is 6.42 Å². The summed E-state index contributed by atoms with van der Waals surface area (Å²) in [6, 6.07) is -0.560.